The van der Waals surface area contributed by atoms with E-state index < -0.39 is 19.9 Å². The van der Waals surface area contributed by atoms with E-state index in [0.29, 0.717) is 39.1 Å². The first kappa shape index (κ1) is 20.4. The molecule has 0 unspecified atom stereocenters. The Hall–Kier alpha value is -1.29. The zero-order valence-corrected chi connectivity index (χ0v) is 16.8. The molecule has 2 saturated heterocycles. The van der Waals surface area contributed by atoms with E-state index in [9.17, 15) is 21.6 Å². The highest BCUT2D eigenvalue weighted by molar-refractivity contribution is 7.91. The van der Waals surface area contributed by atoms with Gasteiger partial charge in [0, 0.05) is 32.2 Å². The molecule has 7 nitrogen and oxygen atoms in total. The zero-order chi connectivity index (χ0) is 19.5. The first-order valence-electron chi connectivity index (χ1n) is 9.19. The summed E-state index contributed by atoms with van der Waals surface area (Å²) in [6.07, 6.45) is 3.35. The van der Waals surface area contributed by atoms with Crippen molar-refractivity contribution in [3.05, 3.63) is 24.3 Å². The van der Waals surface area contributed by atoms with E-state index in [-0.39, 0.29) is 27.4 Å². The molecule has 9 heteroatoms. The number of carbonyl (C=O) groups is 1. The number of ether oxygens (including phenoxy) is 1. The Bertz CT molecular complexity index is 850. The molecule has 2 heterocycles. The number of hydrogen-bond acceptors (Lipinski definition) is 6. The summed E-state index contributed by atoms with van der Waals surface area (Å²) in [7, 11) is -7.14. The topological polar surface area (TPSA) is 97.8 Å². The van der Waals surface area contributed by atoms with Crippen molar-refractivity contribution in [2.75, 3.05) is 32.1 Å². The Morgan fingerprint density at radius 2 is 1.48 bits per heavy atom. The van der Waals surface area contributed by atoms with Gasteiger partial charge in [-0.05, 0) is 55.9 Å². The number of piperidine rings is 1. The van der Waals surface area contributed by atoms with Gasteiger partial charge in [-0.25, -0.2) is 16.8 Å². The van der Waals surface area contributed by atoms with Crippen LogP contribution >= 0.6 is 0 Å². The van der Waals surface area contributed by atoms with Crippen molar-refractivity contribution in [3.8, 4) is 0 Å². The lowest BCUT2D eigenvalue weighted by Crippen LogP contribution is -2.38. The minimum Gasteiger partial charge on any atom is -0.381 e. The van der Waals surface area contributed by atoms with Gasteiger partial charge in [0.2, 0.25) is 10.0 Å². The molecular weight excluding hydrogens is 390 g/mol. The summed E-state index contributed by atoms with van der Waals surface area (Å²) in [5.41, 5.74) is 0. The van der Waals surface area contributed by atoms with Crippen LogP contribution in [-0.2, 0) is 29.4 Å². The summed E-state index contributed by atoms with van der Waals surface area (Å²) >= 11 is 0. The molecule has 2 aliphatic heterocycles. The Kier molecular flexibility index (Phi) is 6.35. The minimum atomic E-state index is -3.68. The maximum Gasteiger partial charge on any atom is 0.243 e. The van der Waals surface area contributed by atoms with Crippen LogP contribution in [0.25, 0.3) is 0 Å². The summed E-state index contributed by atoms with van der Waals surface area (Å²) in [4.78, 5) is 11.1. The van der Waals surface area contributed by atoms with Crippen molar-refractivity contribution in [1.29, 1.82) is 0 Å². The summed E-state index contributed by atoms with van der Waals surface area (Å²) in [5.74, 6) is 0.0437. The number of carbonyl (C=O) groups excluding carboxylic acids is 1. The summed E-state index contributed by atoms with van der Waals surface area (Å²) < 4.78 is 57.3. The second-order valence-corrected chi connectivity index (χ2v) is 11.2. The fourth-order valence-electron chi connectivity index (χ4n) is 3.54. The predicted molar refractivity (Wildman–Crippen MR) is 99.6 cm³/mol. The highest BCUT2D eigenvalue weighted by atomic mass is 32.2. The van der Waals surface area contributed by atoms with Crippen molar-refractivity contribution in [2.45, 2.75) is 35.5 Å². The molecule has 1 aromatic carbocycles. The van der Waals surface area contributed by atoms with E-state index in [4.69, 9.17) is 4.74 Å². The number of sulfone groups is 1. The van der Waals surface area contributed by atoms with Crippen LogP contribution in [0.5, 0.6) is 0 Å². The molecule has 0 atom stereocenters. The average molecular weight is 416 g/mol. The van der Waals surface area contributed by atoms with Crippen molar-refractivity contribution in [2.24, 2.45) is 11.8 Å². The fraction of sp³-hybridized carbons (Fsp3) is 0.611. The van der Waals surface area contributed by atoms with E-state index in [1.165, 1.54) is 28.6 Å². The SMILES string of the molecule is O=CC1CCN(S(=O)(=O)c2ccc(S(=O)(=O)CC3CCOCC3)cc2)CC1. The number of rotatable bonds is 6. The van der Waals surface area contributed by atoms with Crippen LogP contribution in [0, 0.1) is 11.8 Å². The normalized spacial score (nSPS) is 21.2. The molecule has 0 aromatic heterocycles. The number of aldehydes is 1. The van der Waals surface area contributed by atoms with Gasteiger partial charge in [-0.15, -0.1) is 0 Å². The standard InChI is InChI=1S/C18H25NO6S2/c20-13-15-5-9-19(10-6-15)27(23,24)18-3-1-17(2-4-18)26(21,22)14-16-7-11-25-12-8-16/h1-4,13,15-16H,5-12,14H2. The van der Waals surface area contributed by atoms with E-state index in [0.717, 1.165) is 19.1 Å². The van der Waals surface area contributed by atoms with Gasteiger partial charge in [-0.3, -0.25) is 0 Å². The second kappa shape index (κ2) is 8.38. The summed E-state index contributed by atoms with van der Waals surface area (Å²) in [6, 6.07) is 5.47. The fourth-order valence-corrected chi connectivity index (χ4v) is 6.71. The first-order chi connectivity index (χ1) is 12.8. The number of sulfonamides is 1. The van der Waals surface area contributed by atoms with E-state index in [1.807, 2.05) is 0 Å². The molecule has 3 rings (SSSR count). The van der Waals surface area contributed by atoms with Gasteiger partial charge in [0.15, 0.2) is 9.84 Å². The van der Waals surface area contributed by atoms with Crippen molar-refractivity contribution < 1.29 is 26.4 Å². The largest absolute Gasteiger partial charge is 0.381 e. The van der Waals surface area contributed by atoms with Gasteiger partial charge in [-0.2, -0.15) is 4.31 Å². The molecular formula is C18H25NO6S2. The maximum absolute atomic E-state index is 12.7. The lowest BCUT2D eigenvalue weighted by atomic mass is 10.0. The molecule has 27 heavy (non-hydrogen) atoms. The lowest BCUT2D eigenvalue weighted by molar-refractivity contribution is -0.112. The maximum atomic E-state index is 12.7. The smallest absolute Gasteiger partial charge is 0.243 e. The third-order valence-corrected chi connectivity index (χ3v) is 9.12. The highest BCUT2D eigenvalue weighted by Crippen LogP contribution is 2.25. The van der Waals surface area contributed by atoms with Crippen LogP contribution in [0.3, 0.4) is 0 Å². The Morgan fingerprint density at radius 3 is 2.04 bits per heavy atom. The molecule has 1 aromatic rings. The van der Waals surface area contributed by atoms with Gasteiger partial charge in [0.1, 0.15) is 6.29 Å². The van der Waals surface area contributed by atoms with Crippen LogP contribution in [0.2, 0.25) is 0 Å². The number of hydrogen-bond donors (Lipinski definition) is 0. The van der Waals surface area contributed by atoms with Gasteiger partial charge in [0.25, 0.3) is 0 Å². The summed E-state index contributed by atoms with van der Waals surface area (Å²) in [5, 5.41) is 0. The third kappa shape index (κ3) is 4.77. The van der Waals surface area contributed by atoms with Crippen LogP contribution in [0.1, 0.15) is 25.7 Å². The minimum absolute atomic E-state index is 0.0572. The predicted octanol–water partition coefficient (Wildman–Crippen LogP) is 1.49. The lowest BCUT2D eigenvalue weighted by Gasteiger charge is -2.28. The molecule has 150 valence electrons. The average Bonchev–Trinajstić information content (AvgIpc) is 2.68. The molecule has 2 fully saturated rings. The molecule has 0 saturated carbocycles. The summed E-state index contributed by atoms with van der Waals surface area (Å²) in [6.45, 7) is 1.77. The van der Waals surface area contributed by atoms with Crippen molar-refractivity contribution in [3.63, 3.8) is 0 Å². The number of benzene rings is 1. The molecule has 0 bridgehead atoms. The van der Waals surface area contributed by atoms with Gasteiger partial charge >= 0.3 is 0 Å². The molecule has 0 N–H and O–H groups in total. The second-order valence-electron chi connectivity index (χ2n) is 7.19. The van der Waals surface area contributed by atoms with E-state index in [2.05, 4.69) is 0 Å². The highest BCUT2D eigenvalue weighted by Gasteiger charge is 2.30. The Labute approximate surface area is 160 Å². The molecule has 0 amide bonds. The van der Waals surface area contributed by atoms with Crippen LogP contribution < -0.4 is 0 Å². The quantitative estimate of drug-likeness (QED) is 0.653. The Balaban J connectivity index is 1.71. The third-order valence-electron chi connectivity index (χ3n) is 5.31. The zero-order valence-electron chi connectivity index (χ0n) is 15.1. The molecule has 0 radical (unpaired) electrons. The van der Waals surface area contributed by atoms with Crippen molar-refractivity contribution in [1.82, 2.24) is 4.31 Å². The van der Waals surface area contributed by atoms with Gasteiger partial charge < -0.3 is 9.53 Å². The van der Waals surface area contributed by atoms with Gasteiger partial charge in [0.05, 0.1) is 15.5 Å². The molecule has 0 aliphatic carbocycles. The van der Waals surface area contributed by atoms with E-state index in [1.54, 1.807) is 0 Å². The molecule has 2 aliphatic rings. The van der Waals surface area contributed by atoms with Crippen LogP contribution in [-0.4, -0.2) is 59.5 Å². The van der Waals surface area contributed by atoms with Crippen LogP contribution in [0.15, 0.2) is 34.1 Å². The van der Waals surface area contributed by atoms with E-state index >= 15 is 0 Å². The Morgan fingerprint density at radius 1 is 0.926 bits per heavy atom. The number of nitrogens with zero attached hydrogens (tertiary/aromatic N) is 1. The van der Waals surface area contributed by atoms with Gasteiger partial charge in [-0.1, -0.05) is 0 Å². The first-order valence-corrected chi connectivity index (χ1v) is 12.3. The monoisotopic (exact) mass is 415 g/mol. The molecule has 0 spiro atoms. The van der Waals surface area contributed by atoms with Crippen molar-refractivity contribution >= 4 is 26.1 Å². The van der Waals surface area contributed by atoms with Crippen LogP contribution in [0.4, 0.5) is 0 Å².